The molecule has 0 aliphatic rings. The van der Waals surface area contributed by atoms with Crippen LogP contribution < -0.4 is 0 Å². The Hall–Kier alpha value is 0.349. The van der Waals surface area contributed by atoms with Crippen LogP contribution in [-0.2, 0) is 0 Å². The van der Waals surface area contributed by atoms with E-state index in [4.69, 9.17) is 0 Å². The quantitative estimate of drug-likeness (QED) is 0.358. The van der Waals surface area contributed by atoms with E-state index in [1.165, 1.54) is 18.6 Å². The first-order valence-electron chi connectivity index (χ1n) is 5.31. The van der Waals surface area contributed by atoms with Gasteiger partial charge in [0.2, 0.25) is 0 Å². The van der Waals surface area contributed by atoms with Gasteiger partial charge in [-0.3, -0.25) is 0 Å². The van der Waals surface area contributed by atoms with Crippen molar-refractivity contribution in [3.63, 3.8) is 0 Å². The number of hydrogen-bond donors (Lipinski definition) is 0. The van der Waals surface area contributed by atoms with E-state index < -0.39 is 0 Å². The van der Waals surface area contributed by atoms with Gasteiger partial charge in [-0.15, -0.1) is 0 Å². The van der Waals surface area contributed by atoms with Crippen LogP contribution >= 0.6 is 11.8 Å². The number of thioether (sulfide) groups is 1. The van der Waals surface area contributed by atoms with Crippen LogP contribution in [0.25, 0.3) is 0 Å². The summed E-state index contributed by atoms with van der Waals surface area (Å²) in [6.45, 7) is 10.6. The summed E-state index contributed by atoms with van der Waals surface area (Å²) in [6.07, 6.45) is 8.01. The number of allylic oxidation sites excluding steroid dienone is 2. The Bertz CT molecular complexity index is 173. The number of rotatable bonds is 8. The number of unbranched alkanes of at least 4 members (excludes halogenated alkanes) is 1. The Morgan fingerprint density at radius 2 is 2.21 bits per heavy atom. The van der Waals surface area contributed by atoms with Gasteiger partial charge in [-0.2, -0.15) is 0 Å². The van der Waals surface area contributed by atoms with Gasteiger partial charge in [0.15, 0.2) is 0 Å². The molecule has 14 heavy (non-hydrogen) atoms. The molecule has 0 saturated heterocycles. The van der Waals surface area contributed by atoms with Crippen molar-refractivity contribution in [3.8, 4) is 0 Å². The zero-order valence-corrected chi connectivity index (χ0v) is 12.1. The van der Waals surface area contributed by atoms with E-state index in [2.05, 4.69) is 45.2 Å². The second kappa shape index (κ2) is 9.89. The molecule has 0 nitrogen and oxygen atoms in total. The van der Waals surface area contributed by atoms with Gasteiger partial charge in [0.25, 0.3) is 0 Å². The first-order chi connectivity index (χ1) is 6.70. The molecule has 0 radical (unpaired) electrons. The van der Waals surface area contributed by atoms with Crippen molar-refractivity contribution in [1.29, 1.82) is 0 Å². The molecule has 0 aromatic carbocycles. The molecule has 0 N–H and O–H groups in total. The summed E-state index contributed by atoms with van der Waals surface area (Å²) in [5.74, 6) is 1.29. The average molecular weight is 277 g/mol. The van der Waals surface area contributed by atoms with Crippen molar-refractivity contribution in [3.05, 3.63) is 22.5 Å². The van der Waals surface area contributed by atoms with Gasteiger partial charge in [-0.05, 0) is 0 Å². The zero-order valence-electron chi connectivity index (χ0n) is 9.58. The number of hydrogen-bond acceptors (Lipinski definition) is 1. The molecular weight excluding hydrogens is 255 g/mol. The van der Waals surface area contributed by atoms with E-state index in [1.807, 2.05) is 6.08 Å². The van der Waals surface area contributed by atoms with Crippen molar-refractivity contribution in [1.82, 2.24) is 0 Å². The van der Waals surface area contributed by atoms with E-state index >= 15 is 0 Å². The van der Waals surface area contributed by atoms with Gasteiger partial charge in [-0.25, -0.2) is 0 Å². The standard InChI is InChI=1S/C12H22SSe/c1-5-7-9-12(14-11(3)4)13-10-8-6-2/h5,9,11H,1,6-8,10H2,2-4H3/b12-9+. The molecule has 0 aromatic heterocycles. The Kier molecular flexibility index (Phi) is 10.1. The molecule has 0 atom stereocenters. The SMILES string of the molecule is C=CC/C=C(\SCCCC)[Se]C(C)C. The molecule has 0 bridgehead atoms. The molecule has 2 heteroatoms. The third kappa shape index (κ3) is 8.93. The molecule has 82 valence electrons. The Morgan fingerprint density at radius 1 is 1.50 bits per heavy atom. The fourth-order valence-corrected chi connectivity index (χ4v) is 5.12. The predicted octanol–water partition coefficient (Wildman–Crippen LogP) is 4.47. The molecule has 0 amide bonds. The summed E-state index contributed by atoms with van der Waals surface area (Å²) in [5.41, 5.74) is 0. The second-order valence-electron chi connectivity index (χ2n) is 3.42. The van der Waals surface area contributed by atoms with Crippen molar-refractivity contribution in [2.24, 2.45) is 0 Å². The van der Waals surface area contributed by atoms with Gasteiger partial charge in [-0.1, -0.05) is 0 Å². The molecule has 0 aliphatic carbocycles. The van der Waals surface area contributed by atoms with Crippen molar-refractivity contribution in [2.75, 3.05) is 5.75 Å². The Labute approximate surface area is 99.8 Å². The van der Waals surface area contributed by atoms with Crippen molar-refractivity contribution in [2.45, 2.75) is 44.9 Å². The Balaban J connectivity index is 3.90. The van der Waals surface area contributed by atoms with Crippen LogP contribution in [0.4, 0.5) is 0 Å². The van der Waals surface area contributed by atoms with Crippen molar-refractivity contribution >= 4 is 26.7 Å². The minimum absolute atomic E-state index is 0.668. The summed E-state index contributed by atoms with van der Waals surface area (Å²) in [7, 11) is 0. The van der Waals surface area contributed by atoms with Crippen LogP contribution in [0.15, 0.2) is 22.5 Å². The minimum atomic E-state index is 0.668. The van der Waals surface area contributed by atoms with E-state index in [-0.39, 0.29) is 0 Å². The fourth-order valence-electron chi connectivity index (χ4n) is 0.870. The molecule has 0 aliphatic heterocycles. The third-order valence-electron chi connectivity index (χ3n) is 1.55. The van der Waals surface area contributed by atoms with Crippen LogP contribution in [0, 0.1) is 0 Å². The summed E-state index contributed by atoms with van der Waals surface area (Å²) >= 11 is 2.72. The van der Waals surface area contributed by atoms with Crippen LogP contribution in [0.1, 0.15) is 40.0 Å². The van der Waals surface area contributed by atoms with Crippen LogP contribution in [0.5, 0.6) is 0 Å². The summed E-state index contributed by atoms with van der Waals surface area (Å²) in [5, 5.41) is 0. The summed E-state index contributed by atoms with van der Waals surface area (Å²) < 4.78 is 1.61. The van der Waals surface area contributed by atoms with Crippen LogP contribution in [0.3, 0.4) is 0 Å². The molecule has 0 fully saturated rings. The molecule has 0 spiro atoms. The van der Waals surface area contributed by atoms with Gasteiger partial charge in [0, 0.05) is 0 Å². The summed E-state index contributed by atoms with van der Waals surface area (Å²) in [4.78, 5) is 0.827. The van der Waals surface area contributed by atoms with Crippen molar-refractivity contribution < 1.29 is 0 Å². The maximum absolute atomic E-state index is 3.76. The molecule has 0 rings (SSSR count). The van der Waals surface area contributed by atoms with Crippen LogP contribution in [-0.4, -0.2) is 20.7 Å². The molecule has 0 heterocycles. The summed E-state index contributed by atoms with van der Waals surface area (Å²) in [6, 6.07) is 0. The van der Waals surface area contributed by atoms with E-state index in [0.29, 0.717) is 15.0 Å². The fraction of sp³-hybridized carbons (Fsp3) is 0.667. The van der Waals surface area contributed by atoms with E-state index in [1.54, 1.807) is 3.80 Å². The molecule has 0 unspecified atom stereocenters. The molecular formula is C12H22SSe. The predicted molar refractivity (Wildman–Crippen MR) is 71.1 cm³/mol. The Morgan fingerprint density at radius 3 is 2.71 bits per heavy atom. The van der Waals surface area contributed by atoms with Gasteiger partial charge in [0.05, 0.1) is 0 Å². The van der Waals surface area contributed by atoms with Gasteiger partial charge < -0.3 is 0 Å². The molecule has 0 aromatic rings. The first-order valence-corrected chi connectivity index (χ1v) is 8.14. The average Bonchev–Trinajstić information content (AvgIpc) is 2.13. The monoisotopic (exact) mass is 278 g/mol. The zero-order chi connectivity index (χ0) is 10.8. The second-order valence-corrected chi connectivity index (χ2v) is 8.53. The van der Waals surface area contributed by atoms with E-state index in [9.17, 15) is 0 Å². The topological polar surface area (TPSA) is 0 Å². The van der Waals surface area contributed by atoms with E-state index in [0.717, 1.165) is 11.2 Å². The molecule has 0 saturated carbocycles. The third-order valence-corrected chi connectivity index (χ3v) is 5.56. The van der Waals surface area contributed by atoms with Gasteiger partial charge in [0.1, 0.15) is 0 Å². The first kappa shape index (κ1) is 14.3. The van der Waals surface area contributed by atoms with Gasteiger partial charge >= 0.3 is 99.9 Å². The maximum atomic E-state index is 3.76. The normalized spacial score (nSPS) is 12.1. The van der Waals surface area contributed by atoms with Crippen LogP contribution in [0.2, 0.25) is 4.82 Å².